The van der Waals surface area contributed by atoms with Crippen molar-refractivity contribution < 1.29 is 9.53 Å². The molecular weight excluding hydrogens is 212 g/mol. The smallest absolute Gasteiger partial charge is 0.333 e. The monoisotopic (exact) mass is 242 g/mol. The Kier molecular flexibility index (Phi) is 9.09. The fourth-order valence-electron chi connectivity index (χ4n) is 2.13. The molecule has 0 amide bonds. The van der Waals surface area contributed by atoms with E-state index in [4.69, 9.17) is 4.74 Å². The van der Waals surface area contributed by atoms with E-state index in [2.05, 4.69) is 20.4 Å². The predicted octanol–water partition coefficient (Wildman–Crippen LogP) is 4.45. The Balaban J connectivity index is 0. The summed E-state index contributed by atoms with van der Waals surface area (Å²) in [7, 11) is 0. The summed E-state index contributed by atoms with van der Waals surface area (Å²) in [6.07, 6.45) is 3.63. The molecule has 1 aliphatic carbocycles. The molecule has 0 bridgehead atoms. The van der Waals surface area contributed by atoms with Gasteiger partial charge in [-0.3, -0.25) is 0 Å². The van der Waals surface area contributed by atoms with Gasteiger partial charge in [-0.05, 0) is 37.5 Å². The molecule has 17 heavy (non-hydrogen) atoms. The molecule has 2 heteroatoms. The van der Waals surface area contributed by atoms with Crippen molar-refractivity contribution >= 4 is 5.97 Å². The van der Waals surface area contributed by atoms with Gasteiger partial charge >= 0.3 is 5.97 Å². The Bertz CT molecular complexity index is 245. The summed E-state index contributed by atoms with van der Waals surface area (Å²) in [4.78, 5) is 11.2. The van der Waals surface area contributed by atoms with E-state index in [9.17, 15) is 4.79 Å². The van der Waals surface area contributed by atoms with Crippen LogP contribution in [0.2, 0.25) is 0 Å². The first-order valence-electron chi connectivity index (χ1n) is 5.83. The molecule has 102 valence electrons. The van der Waals surface area contributed by atoms with Crippen molar-refractivity contribution in [1.29, 1.82) is 0 Å². The van der Waals surface area contributed by atoms with Crippen LogP contribution in [0.1, 0.15) is 54.9 Å². The Morgan fingerprint density at radius 1 is 1.24 bits per heavy atom. The van der Waals surface area contributed by atoms with Gasteiger partial charge in [0.1, 0.15) is 0 Å². The molecule has 2 nitrogen and oxygen atoms in total. The SMILES string of the molecule is C.C.C=C(C)C(=O)OCC1CCC(C)C(C)C1. The molecule has 3 unspecified atom stereocenters. The van der Waals surface area contributed by atoms with Crippen LogP contribution in [0.4, 0.5) is 0 Å². The molecule has 1 saturated carbocycles. The highest BCUT2D eigenvalue weighted by Gasteiger charge is 2.25. The lowest BCUT2D eigenvalue weighted by molar-refractivity contribution is -0.140. The first kappa shape index (κ1) is 18.6. The molecular formula is C15H30O2. The average Bonchev–Trinajstić information content (AvgIpc) is 2.19. The van der Waals surface area contributed by atoms with Gasteiger partial charge in [-0.1, -0.05) is 41.7 Å². The zero-order valence-corrected chi connectivity index (χ0v) is 10.1. The Morgan fingerprint density at radius 2 is 1.82 bits per heavy atom. The van der Waals surface area contributed by atoms with E-state index in [0.29, 0.717) is 18.1 Å². The summed E-state index contributed by atoms with van der Waals surface area (Å²) in [6.45, 7) is 10.4. The molecule has 0 spiro atoms. The van der Waals surface area contributed by atoms with Gasteiger partial charge < -0.3 is 4.74 Å². The Labute approximate surface area is 107 Å². The van der Waals surface area contributed by atoms with Crippen molar-refractivity contribution in [2.45, 2.75) is 54.9 Å². The van der Waals surface area contributed by atoms with Crippen LogP contribution >= 0.6 is 0 Å². The molecule has 1 rings (SSSR count). The zero-order chi connectivity index (χ0) is 11.4. The van der Waals surface area contributed by atoms with Crippen molar-refractivity contribution in [3.63, 3.8) is 0 Å². The molecule has 1 fully saturated rings. The quantitative estimate of drug-likeness (QED) is 0.540. The van der Waals surface area contributed by atoms with Gasteiger partial charge in [0.25, 0.3) is 0 Å². The minimum atomic E-state index is -0.249. The van der Waals surface area contributed by atoms with Gasteiger partial charge in [0.05, 0.1) is 6.61 Å². The standard InChI is InChI=1S/C13H22O2.2CH4/c1-9(2)13(14)15-8-12-6-5-10(3)11(4)7-12;;/h10-12H,1,5-8H2,2-4H3;2*1H4. The zero-order valence-electron chi connectivity index (χ0n) is 10.1. The summed E-state index contributed by atoms with van der Waals surface area (Å²) in [6, 6.07) is 0. The third kappa shape index (κ3) is 5.90. The number of ether oxygens (including phenoxy) is 1. The van der Waals surface area contributed by atoms with Gasteiger partial charge in [-0.25, -0.2) is 4.79 Å². The van der Waals surface area contributed by atoms with Crippen LogP contribution in [0.3, 0.4) is 0 Å². The largest absolute Gasteiger partial charge is 0.462 e. The lowest BCUT2D eigenvalue weighted by Crippen LogP contribution is -2.25. The number of hydrogen-bond acceptors (Lipinski definition) is 2. The summed E-state index contributed by atoms with van der Waals surface area (Å²) in [5, 5.41) is 0. The number of hydrogen-bond donors (Lipinski definition) is 0. The van der Waals surface area contributed by atoms with Crippen molar-refractivity contribution in [2.75, 3.05) is 6.61 Å². The van der Waals surface area contributed by atoms with Gasteiger partial charge in [-0.15, -0.1) is 0 Å². The molecule has 0 saturated heterocycles. The predicted molar refractivity (Wildman–Crippen MR) is 74.9 cm³/mol. The van der Waals surface area contributed by atoms with Gasteiger partial charge in [0.15, 0.2) is 0 Å². The van der Waals surface area contributed by atoms with E-state index < -0.39 is 0 Å². The molecule has 0 heterocycles. The second-order valence-corrected chi connectivity index (χ2v) is 5.01. The van der Waals surface area contributed by atoms with E-state index in [1.807, 2.05) is 0 Å². The number of carbonyl (C=O) groups excluding carboxylic acids is 1. The van der Waals surface area contributed by atoms with Crippen LogP contribution < -0.4 is 0 Å². The Morgan fingerprint density at radius 3 is 2.29 bits per heavy atom. The van der Waals surface area contributed by atoms with Crippen LogP contribution in [-0.2, 0) is 9.53 Å². The first-order chi connectivity index (χ1) is 7.00. The van der Waals surface area contributed by atoms with E-state index >= 15 is 0 Å². The number of rotatable bonds is 3. The molecule has 3 atom stereocenters. The van der Waals surface area contributed by atoms with E-state index in [0.717, 1.165) is 11.8 Å². The topological polar surface area (TPSA) is 26.3 Å². The maximum Gasteiger partial charge on any atom is 0.333 e. The van der Waals surface area contributed by atoms with Crippen LogP contribution in [0.5, 0.6) is 0 Å². The highest BCUT2D eigenvalue weighted by atomic mass is 16.5. The van der Waals surface area contributed by atoms with Crippen LogP contribution in [-0.4, -0.2) is 12.6 Å². The number of carbonyl (C=O) groups is 1. The average molecular weight is 242 g/mol. The lowest BCUT2D eigenvalue weighted by atomic mass is 9.76. The molecule has 0 aromatic carbocycles. The van der Waals surface area contributed by atoms with Gasteiger partial charge in [-0.2, -0.15) is 0 Å². The second kappa shape index (κ2) is 8.32. The molecule has 0 N–H and O–H groups in total. The molecule has 0 radical (unpaired) electrons. The first-order valence-corrected chi connectivity index (χ1v) is 5.83. The minimum absolute atomic E-state index is 0. The van der Waals surface area contributed by atoms with E-state index in [-0.39, 0.29) is 20.8 Å². The molecule has 1 aliphatic rings. The second-order valence-electron chi connectivity index (χ2n) is 5.01. The molecule has 0 aromatic rings. The van der Waals surface area contributed by atoms with Gasteiger partial charge in [0, 0.05) is 5.57 Å². The fourth-order valence-corrected chi connectivity index (χ4v) is 2.13. The summed E-state index contributed by atoms with van der Waals surface area (Å²) in [5.74, 6) is 1.88. The highest BCUT2D eigenvalue weighted by molar-refractivity contribution is 5.86. The van der Waals surface area contributed by atoms with Crippen molar-refractivity contribution in [1.82, 2.24) is 0 Å². The third-order valence-corrected chi connectivity index (χ3v) is 3.51. The van der Waals surface area contributed by atoms with Crippen LogP contribution in [0.25, 0.3) is 0 Å². The number of esters is 1. The van der Waals surface area contributed by atoms with E-state index in [1.54, 1.807) is 6.92 Å². The van der Waals surface area contributed by atoms with Crippen molar-refractivity contribution in [2.24, 2.45) is 17.8 Å². The van der Waals surface area contributed by atoms with Crippen molar-refractivity contribution in [3.8, 4) is 0 Å². The molecule has 0 aromatic heterocycles. The highest BCUT2D eigenvalue weighted by Crippen LogP contribution is 2.33. The van der Waals surface area contributed by atoms with Crippen LogP contribution in [0.15, 0.2) is 12.2 Å². The minimum Gasteiger partial charge on any atom is -0.462 e. The third-order valence-electron chi connectivity index (χ3n) is 3.51. The molecule has 0 aliphatic heterocycles. The van der Waals surface area contributed by atoms with E-state index in [1.165, 1.54) is 19.3 Å². The Hall–Kier alpha value is -0.790. The maximum absolute atomic E-state index is 11.2. The lowest BCUT2D eigenvalue weighted by Gasteiger charge is -2.31. The summed E-state index contributed by atoms with van der Waals surface area (Å²) in [5.41, 5.74) is 0.493. The van der Waals surface area contributed by atoms with Gasteiger partial charge in [0.2, 0.25) is 0 Å². The fraction of sp³-hybridized carbons (Fsp3) is 0.800. The summed E-state index contributed by atoms with van der Waals surface area (Å²) >= 11 is 0. The van der Waals surface area contributed by atoms with Crippen LogP contribution in [0, 0.1) is 17.8 Å². The maximum atomic E-state index is 11.2. The normalized spacial score (nSPS) is 27.4. The van der Waals surface area contributed by atoms with Crippen molar-refractivity contribution in [3.05, 3.63) is 12.2 Å². The summed E-state index contributed by atoms with van der Waals surface area (Å²) < 4.78 is 5.19.